The number of anilines is 1. The summed E-state index contributed by atoms with van der Waals surface area (Å²) in [6.45, 7) is 6.42. The van der Waals surface area contributed by atoms with Gasteiger partial charge in [0.15, 0.2) is 0 Å². The van der Waals surface area contributed by atoms with Crippen LogP contribution in [0.25, 0.3) is 20.7 Å². The number of likely N-dealkylation sites (tertiary alicyclic amines) is 1. The predicted octanol–water partition coefficient (Wildman–Crippen LogP) is 3.47. The molecule has 1 saturated carbocycles. The largest absolute Gasteiger partial charge is 0.353 e. The molecule has 1 amide bonds. The fourth-order valence-corrected chi connectivity index (χ4v) is 6.29. The quantitative estimate of drug-likeness (QED) is 0.478. The zero-order valence-corrected chi connectivity index (χ0v) is 19.9. The van der Waals surface area contributed by atoms with Gasteiger partial charge in [0.2, 0.25) is 5.95 Å². The Morgan fingerprint density at radius 3 is 2.85 bits per heavy atom. The molecule has 7 nitrogen and oxygen atoms in total. The lowest BCUT2D eigenvalue weighted by Gasteiger charge is -2.17. The molecule has 9 heteroatoms. The van der Waals surface area contributed by atoms with E-state index < -0.39 is 0 Å². The molecule has 3 fully saturated rings. The van der Waals surface area contributed by atoms with Crippen molar-refractivity contribution >= 4 is 44.9 Å². The fraction of sp³-hybridized carbons (Fsp3) is 0.458. The smallest absolute Gasteiger partial charge is 0.252 e. The molecule has 4 heterocycles. The molecule has 3 N–H and O–H groups in total. The summed E-state index contributed by atoms with van der Waals surface area (Å²) in [5.41, 5.74) is 1.40. The minimum atomic E-state index is -0.00887. The number of rotatable bonds is 7. The standard InChI is InChI=1S/C24H27ClN6OS/c25-19-11-28-24(27-6-7-31-12-14-9-26-10-15(14)13-31)30-22(19)21-8-18-17(2-1-3-20(18)33-21)23(32)29-16-4-5-16/h1-3,8,11,14-16,26H,4-7,9-10,12-13H2,(H,29,32)(H,27,28,30)/t14-,15+. The maximum atomic E-state index is 12.7. The van der Waals surface area contributed by atoms with Crippen LogP contribution < -0.4 is 16.0 Å². The van der Waals surface area contributed by atoms with Crippen LogP contribution in [0.15, 0.2) is 30.5 Å². The predicted molar refractivity (Wildman–Crippen MR) is 133 cm³/mol. The Hall–Kier alpha value is -2.26. The van der Waals surface area contributed by atoms with E-state index in [2.05, 4.69) is 25.8 Å². The SMILES string of the molecule is O=C(NC1CC1)c1cccc2sc(-c3nc(NCCN4C[C@H]5CNC[C@H]5C4)ncc3Cl)cc12. The van der Waals surface area contributed by atoms with Gasteiger partial charge in [-0.2, -0.15) is 0 Å². The topological polar surface area (TPSA) is 82.2 Å². The Morgan fingerprint density at radius 1 is 1.24 bits per heavy atom. The molecule has 3 aromatic rings. The van der Waals surface area contributed by atoms with Gasteiger partial charge >= 0.3 is 0 Å². The van der Waals surface area contributed by atoms with E-state index in [4.69, 9.17) is 16.6 Å². The van der Waals surface area contributed by atoms with Crippen LogP contribution in [0.1, 0.15) is 23.2 Å². The number of amides is 1. The van der Waals surface area contributed by atoms with E-state index >= 15 is 0 Å². The summed E-state index contributed by atoms with van der Waals surface area (Å²) in [4.78, 5) is 25.3. The van der Waals surface area contributed by atoms with Gasteiger partial charge in [-0.15, -0.1) is 11.3 Å². The molecule has 0 radical (unpaired) electrons. The molecule has 2 atom stereocenters. The lowest BCUT2D eigenvalue weighted by Crippen LogP contribution is -2.30. The maximum absolute atomic E-state index is 12.7. The van der Waals surface area contributed by atoms with Gasteiger partial charge in [-0.05, 0) is 56.0 Å². The number of thiophene rings is 1. The van der Waals surface area contributed by atoms with Crippen LogP contribution in [0.4, 0.5) is 5.95 Å². The first-order chi connectivity index (χ1) is 16.1. The lowest BCUT2D eigenvalue weighted by molar-refractivity contribution is 0.0953. The van der Waals surface area contributed by atoms with E-state index in [-0.39, 0.29) is 5.91 Å². The number of hydrogen-bond acceptors (Lipinski definition) is 7. The summed E-state index contributed by atoms with van der Waals surface area (Å²) in [6.07, 6.45) is 3.79. The van der Waals surface area contributed by atoms with Crippen molar-refractivity contribution in [3.05, 3.63) is 41.0 Å². The van der Waals surface area contributed by atoms with Crippen molar-refractivity contribution in [2.75, 3.05) is 44.6 Å². The maximum Gasteiger partial charge on any atom is 0.252 e. The molecule has 0 unspecified atom stereocenters. The number of benzene rings is 1. The number of aromatic nitrogens is 2. The highest BCUT2D eigenvalue weighted by atomic mass is 35.5. The minimum Gasteiger partial charge on any atom is -0.353 e. The molecule has 33 heavy (non-hydrogen) atoms. The van der Waals surface area contributed by atoms with Crippen LogP contribution in [-0.4, -0.2) is 66.1 Å². The van der Waals surface area contributed by atoms with E-state index in [0.717, 1.165) is 65.8 Å². The second-order valence-electron chi connectivity index (χ2n) is 9.33. The number of carbonyl (C=O) groups is 1. The first-order valence-electron chi connectivity index (χ1n) is 11.7. The third-order valence-corrected chi connectivity index (χ3v) is 8.26. The van der Waals surface area contributed by atoms with Crippen molar-refractivity contribution in [3.8, 4) is 10.6 Å². The van der Waals surface area contributed by atoms with E-state index in [9.17, 15) is 4.79 Å². The normalized spacial score (nSPS) is 22.6. The van der Waals surface area contributed by atoms with E-state index in [1.165, 1.54) is 13.1 Å². The highest BCUT2D eigenvalue weighted by molar-refractivity contribution is 7.22. The average Bonchev–Trinajstić information content (AvgIpc) is 3.18. The van der Waals surface area contributed by atoms with Gasteiger partial charge in [0.05, 0.1) is 16.1 Å². The highest BCUT2D eigenvalue weighted by Crippen LogP contribution is 2.37. The molecule has 0 bridgehead atoms. The van der Waals surface area contributed by atoms with Gasteiger partial charge < -0.3 is 20.9 Å². The third-order valence-electron chi connectivity index (χ3n) is 6.87. The van der Waals surface area contributed by atoms with Crippen LogP contribution in [0.3, 0.4) is 0 Å². The molecule has 2 aromatic heterocycles. The second-order valence-corrected chi connectivity index (χ2v) is 10.8. The van der Waals surface area contributed by atoms with Crippen LogP contribution in [-0.2, 0) is 0 Å². The van der Waals surface area contributed by atoms with Crippen molar-refractivity contribution < 1.29 is 4.79 Å². The summed E-state index contributed by atoms with van der Waals surface area (Å²) in [5.74, 6) is 2.17. The van der Waals surface area contributed by atoms with Crippen molar-refractivity contribution in [1.82, 2.24) is 25.5 Å². The molecular formula is C24H27ClN6OS. The molecule has 1 aliphatic carbocycles. The Kier molecular flexibility index (Phi) is 5.70. The highest BCUT2D eigenvalue weighted by Gasteiger charge is 2.35. The summed E-state index contributed by atoms with van der Waals surface area (Å²) < 4.78 is 1.05. The molecule has 1 aromatic carbocycles. The monoisotopic (exact) mass is 482 g/mol. The van der Waals surface area contributed by atoms with Gasteiger partial charge in [0, 0.05) is 47.9 Å². The molecule has 172 valence electrons. The van der Waals surface area contributed by atoms with Crippen molar-refractivity contribution in [2.45, 2.75) is 18.9 Å². The van der Waals surface area contributed by atoms with Gasteiger partial charge in [-0.25, -0.2) is 9.97 Å². The molecule has 3 aliphatic rings. The number of fused-ring (bicyclic) bond motifs is 2. The van der Waals surface area contributed by atoms with Crippen LogP contribution in [0.5, 0.6) is 0 Å². The zero-order valence-electron chi connectivity index (χ0n) is 18.3. The summed E-state index contributed by atoms with van der Waals surface area (Å²) in [7, 11) is 0. The van der Waals surface area contributed by atoms with E-state index in [1.807, 2.05) is 24.3 Å². The zero-order chi connectivity index (χ0) is 22.4. The summed E-state index contributed by atoms with van der Waals surface area (Å²) in [5, 5.41) is 11.4. The summed E-state index contributed by atoms with van der Waals surface area (Å²) in [6, 6.07) is 8.20. The number of hydrogen-bond donors (Lipinski definition) is 3. The molecule has 6 rings (SSSR count). The van der Waals surface area contributed by atoms with Gasteiger partial charge in [0.1, 0.15) is 5.69 Å². The van der Waals surface area contributed by atoms with Gasteiger partial charge in [-0.1, -0.05) is 17.7 Å². The molecule has 0 spiro atoms. The van der Waals surface area contributed by atoms with Crippen LogP contribution in [0.2, 0.25) is 5.02 Å². The summed E-state index contributed by atoms with van der Waals surface area (Å²) >= 11 is 8.09. The molecule has 2 saturated heterocycles. The number of carbonyl (C=O) groups excluding carboxylic acids is 1. The number of nitrogens with zero attached hydrogens (tertiary/aromatic N) is 3. The number of nitrogens with one attached hydrogen (secondary N) is 3. The van der Waals surface area contributed by atoms with E-state index in [0.29, 0.717) is 28.3 Å². The third kappa shape index (κ3) is 4.45. The molecule has 2 aliphatic heterocycles. The first kappa shape index (κ1) is 21.3. The Bertz CT molecular complexity index is 1180. The van der Waals surface area contributed by atoms with E-state index in [1.54, 1.807) is 17.5 Å². The van der Waals surface area contributed by atoms with Gasteiger partial charge in [0.25, 0.3) is 5.91 Å². The van der Waals surface area contributed by atoms with Gasteiger partial charge in [-0.3, -0.25) is 4.79 Å². The average molecular weight is 483 g/mol. The fourth-order valence-electron chi connectivity index (χ4n) is 4.95. The van der Waals surface area contributed by atoms with Crippen LogP contribution in [0, 0.1) is 11.8 Å². The Labute approximate surface area is 201 Å². The minimum absolute atomic E-state index is 0.00887. The first-order valence-corrected chi connectivity index (χ1v) is 12.9. The van der Waals surface area contributed by atoms with Crippen molar-refractivity contribution in [1.29, 1.82) is 0 Å². The number of halogens is 1. The van der Waals surface area contributed by atoms with Crippen molar-refractivity contribution in [3.63, 3.8) is 0 Å². The Balaban J connectivity index is 1.17. The lowest BCUT2D eigenvalue weighted by atomic mass is 10.0. The molecular weight excluding hydrogens is 456 g/mol. The van der Waals surface area contributed by atoms with Crippen molar-refractivity contribution in [2.24, 2.45) is 11.8 Å². The van der Waals surface area contributed by atoms with Crippen LogP contribution >= 0.6 is 22.9 Å². The second kappa shape index (κ2) is 8.83. The Morgan fingerprint density at radius 2 is 2.06 bits per heavy atom.